The Morgan fingerprint density at radius 2 is 1.89 bits per heavy atom. The number of aromatic nitrogens is 2. The van der Waals surface area contributed by atoms with E-state index in [0.29, 0.717) is 11.6 Å². The number of carbonyl (C=O) groups excluding carboxylic acids is 1. The van der Waals surface area contributed by atoms with Crippen molar-refractivity contribution >= 4 is 34.5 Å². The van der Waals surface area contributed by atoms with E-state index in [9.17, 15) is 9.18 Å². The molecule has 0 spiro atoms. The van der Waals surface area contributed by atoms with Crippen LogP contribution in [0.25, 0.3) is 11.0 Å². The van der Waals surface area contributed by atoms with E-state index in [1.807, 2.05) is 0 Å². The first-order chi connectivity index (χ1) is 13.4. The van der Waals surface area contributed by atoms with E-state index in [1.165, 1.54) is 18.9 Å². The zero-order valence-corrected chi connectivity index (χ0v) is 17.3. The lowest BCUT2D eigenvalue weighted by Gasteiger charge is -2.33. The van der Waals surface area contributed by atoms with Crippen LogP contribution in [0.4, 0.5) is 10.3 Å². The summed E-state index contributed by atoms with van der Waals surface area (Å²) in [5, 5.41) is 3.32. The summed E-state index contributed by atoms with van der Waals surface area (Å²) in [6, 6.07) is 3.58. The van der Waals surface area contributed by atoms with Gasteiger partial charge in [0.2, 0.25) is 11.9 Å². The molecule has 28 heavy (non-hydrogen) atoms. The van der Waals surface area contributed by atoms with Gasteiger partial charge in [0, 0.05) is 37.2 Å². The molecule has 1 saturated heterocycles. The van der Waals surface area contributed by atoms with Crippen LogP contribution in [0.3, 0.4) is 0 Å². The zero-order valence-electron chi connectivity index (χ0n) is 16.5. The number of anilines is 1. The van der Waals surface area contributed by atoms with Crippen molar-refractivity contribution in [3.05, 3.63) is 23.0 Å². The quantitative estimate of drug-likeness (QED) is 0.801. The molecule has 5 nitrogen and oxygen atoms in total. The number of benzene rings is 1. The van der Waals surface area contributed by atoms with E-state index in [0.717, 1.165) is 50.2 Å². The van der Waals surface area contributed by atoms with Gasteiger partial charge in [-0.1, -0.05) is 24.4 Å². The third-order valence-corrected chi connectivity index (χ3v) is 6.37. The van der Waals surface area contributed by atoms with Crippen LogP contribution in [0.2, 0.25) is 5.02 Å². The van der Waals surface area contributed by atoms with E-state index in [4.69, 9.17) is 16.6 Å². The molecule has 1 saturated carbocycles. The molecule has 1 aromatic heterocycles. The van der Waals surface area contributed by atoms with Crippen molar-refractivity contribution < 1.29 is 9.18 Å². The average molecular weight is 407 g/mol. The number of imidazole rings is 1. The van der Waals surface area contributed by atoms with E-state index in [2.05, 4.69) is 28.6 Å². The van der Waals surface area contributed by atoms with Crippen molar-refractivity contribution in [1.82, 2.24) is 14.9 Å². The van der Waals surface area contributed by atoms with Gasteiger partial charge in [-0.05, 0) is 45.6 Å². The summed E-state index contributed by atoms with van der Waals surface area (Å²) in [7, 11) is 0. The Labute approximate surface area is 170 Å². The minimum Gasteiger partial charge on any atom is -0.353 e. The summed E-state index contributed by atoms with van der Waals surface area (Å²) in [6.45, 7) is 5.68. The Bertz CT molecular complexity index is 867. The van der Waals surface area contributed by atoms with Gasteiger partial charge in [-0.15, -0.1) is 0 Å². The van der Waals surface area contributed by atoms with Crippen molar-refractivity contribution in [2.45, 2.75) is 64.5 Å². The number of amides is 1. The summed E-state index contributed by atoms with van der Waals surface area (Å²) in [6.07, 6.45) is 6.30. The molecule has 2 fully saturated rings. The van der Waals surface area contributed by atoms with Gasteiger partial charge < -0.3 is 14.8 Å². The third kappa shape index (κ3) is 3.71. The van der Waals surface area contributed by atoms with Gasteiger partial charge in [-0.3, -0.25) is 4.79 Å². The van der Waals surface area contributed by atoms with Crippen LogP contribution in [0.1, 0.15) is 58.4 Å². The summed E-state index contributed by atoms with van der Waals surface area (Å²) < 4.78 is 16.1. The van der Waals surface area contributed by atoms with Crippen LogP contribution < -0.4 is 10.2 Å². The monoisotopic (exact) mass is 406 g/mol. The smallest absolute Gasteiger partial charge is 0.223 e. The molecule has 7 heteroatoms. The fourth-order valence-electron chi connectivity index (χ4n) is 4.54. The zero-order chi connectivity index (χ0) is 19.8. The highest BCUT2D eigenvalue weighted by molar-refractivity contribution is 6.31. The molecule has 0 bridgehead atoms. The van der Waals surface area contributed by atoms with Gasteiger partial charge in [0.05, 0.1) is 16.1 Å². The molecular formula is C21H28ClFN4O. The Kier molecular flexibility index (Phi) is 5.50. The normalized spacial score (nSPS) is 19.1. The second-order valence-electron chi connectivity index (χ2n) is 8.38. The molecule has 1 N–H and O–H groups in total. The van der Waals surface area contributed by atoms with Gasteiger partial charge in [0.25, 0.3) is 0 Å². The largest absolute Gasteiger partial charge is 0.353 e. The number of halogens is 2. The predicted octanol–water partition coefficient (Wildman–Crippen LogP) is 4.68. The molecule has 0 radical (unpaired) electrons. The first-order valence-electron chi connectivity index (χ1n) is 10.4. The summed E-state index contributed by atoms with van der Waals surface area (Å²) in [4.78, 5) is 19.5. The van der Waals surface area contributed by atoms with E-state index in [-0.39, 0.29) is 22.9 Å². The molecule has 4 rings (SSSR count). The number of nitrogens with zero attached hydrogens (tertiary/aromatic N) is 3. The molecule has 0 atom stereocenters. The lowest BCUT2D eigenvalue weighted by atomic mass is 9.95. The lowest BCUT2D eigenvalue weighted by molar-refractivity contribution is -0.126. The van der Waals surface area contributed by atoms with Crippen molar-refractivity contribution in [2.24, 2.45) is 5.92 Å². The number of rotatable bonds is 4. The predicted molar refractivity (Wildman–Crippen MR) is 110 cm³/mol. The highest BCUT2D eigenvalue weighted by atomic mass is 35.5. The highest BCUT2D eigenvalue weighted by Crippen LogP contribution is 2.32. The number of fused-ring (bicyclic) bond motifs is 1. The third-order valence-electron chi connectivity index (χ3n) is 6.08. The molecular weight excluding hydrogens is 379 g/mol. The maximum atomic E-state index is 14.0. The topological polar surface area (TPSA) is 50.2 Å². The Morgan fingerprint density at radius 3 is 2.54 bits per heavy atom. The lowest BCUT2D eigenvalue weighted by Crippen LogP contribution is -2.43. The number of hydrogen-bond donors (Lipinski definition) is 1. The number of nitrogens with one attached hydrogen (secondary N) is 1. The second kappa shape index (κ2) is 7.90. The molecule has 1 amide bonds. The fraction of sp³-hybridized carbons (Fsp3) is 0.619. The molecule has 152 valence electrons. The molecule has 0 unspecified atom stereocenters. The Hall–Kier alpha value is -1.82. The van der Waals surface area contributed by atoms with E-state index >= 15 is 0 Å². The standard InChI is InChI=1S/C21H28ClFN4O/c1-13(2)27-19-12-17(23)16(22)11-18(19)25-21(27)26-9-7-14(8-10-26)20(28)24-15-5-3-4-6-15/h11-15H,3-10H2,1-2H3,(H,24,28). The Balaban J connectivity index is 1.50. The molecule has 1 aliphatic carbocycles. The first-order valence-corrected chi connectivity index (χ1v) is 10.7. The van der Waals surface area contributed by atoms with Crippen LogP contribution in [-0.2, 0) is 4.79 Å². The first kappa shape index (κ1) is 19.5. The van der Waals surface area contributed by atoms with Crippen LogP contribution >= 0.6 is 11.6 Å². The van der Waals surface area contributed by atoms with Crippen LogP contribution in [0.15, 0.2) is 12.1 Å². The van der Waals surface area contributed by atoms with Gasteiger partial charge in [-0.25, -0.2) is 9.37 Å². The fourth-order valence-corrected chi connectivity index (χ4v) is 4.70. The van der Waals surface area contributed by atoms with Crippen LogP contribution in [0.5, 0.6) is 0 Å². The molecule has 1 aliphatic heterocycles. The number of carbonyl (C=O) groups is 1. The highest BCUT2D eigenvalue weighted by Gasteiger charge is 2.30. The van der Waals surface area contributed by atoms with E-state index < -0.39 is 5.82 Å². The minimum absolute atomic E-state index is 0.0700. The molecule has 2 aromatic rings. The maximum absolute atomic E-state index is 14.0. The van der Waals surface area contributed by atoms with Crippen LogP contribution in [-0.4, -0.2) is 34.6 Å². The van der Waals surface area contributed by atoms with Crippen molar-refractivity contribution in [1.29, 1.82) is 0 Å². The summed E-state index contributed by atoms with van der Waals surface area (Å²) in [5.41, 5.74) is 1.46. The Morgan fingerprint density at radius 1 is 1.21 bits per heavy atom. The number of piperidine rings is 1. The average Bonchev–Trinajstić information content (AvgIpc) is 3.30. The second-order valence-corrected chi connectivity index (χ2v) is 8.79. The van der Waals surface area contributed by atoms with Crippen molar-refractivity contribution in [3.8, 4) is 0 Å². The van der Waals surface area contributed by atoms with Gasteiger partial charge >= 0.3 is 0 Å². The molecule has 2 aliphatic rings. The SMILES string of the molecule is CC(C)n1c(N2CCC(C(=O)NC3CCCC3)CC2)nc2cc(Cl)c(F)cc21. The van der Waals surface area contributed by atoms with Crippen molar-refractivity contribution in [2.75, 3.05) is 18.0 Å². The molecule has 2 heterocycles. The summed E-state index contributed by atoms with van der Waals surface area (Å²) >= 11 is 5.96. The van der Waals surface area contributed by atoms with Crippen LogP contribution in [0, 0.1) is 11.7 Å². The van der Waals surface area contributed by atoms with Crippen molar-refractivity contribution in [3.63, 3.8) is 0 Å². The van der Waals surface area contributed by atoms with Gasteiger partial charge in [-0.2, -0.15) is 0 Å². The van der Waals surface area contributed by atoms with Gasteiger partial charge in [0.15, 0.2) is 0 Å². The molecule has 1 aromatic carbocycles. The maximum Gasteiger partial charge on any atom is 0.223 e. The number of hydrogen-bond acceptors (Lipinski definition) is 3. The summed E-state index contributed by atoms with van der Waals surface area (Å²) in [5.74, 6) is 0.685. The van der Waals surface area contributed by atoms with Gasteiger partial charge in [0.1, 0.15) is 5.82 Å². The minimum atomic E-state index is -0.426. The van der Waals surface area contributed by atoms with E-state index in [1.54, 1.807) is 6.07 Å².